The fraction of sp³-hybridized carbons (Fsp3) is 1.00. The monoisotopic (exact) mass is 71.1 g/mol. The molecule has 1 nitrogen and oxygen atoms in total. The van der Waals surface area contributed by atoms with Crippen LogP contribution in [-0.4, -0.2) is 13.7 Å². The zero-order chi connectivity index (χ0) is 4.12. The predicted octanol–water partition coefficient (Wildman–Crippen LogP) is -0.223. The van der Waals surface area contributed by atoms with Gasteiger partial charge in [-0.05, 0) is 6.44 Å². The average Bonchev–Trinajstić information content (AvgIpc) is 1.41. The first-order chi connectivity index (χ1) is 2.41. The predicted molar refractivity (Wildman–Crippen MR) is 26.7 cm³/mol. The molecule has 0 aromatic carbocycles. The third-order valence-corrected chi connectivity index (χ3v) is 0.558. The fourth-order valence-corrected chi connectivity index (χ4v) is 0.204. The van der Waals surface area contributed by atoms with Gasteiger partial charge >= 0.3 is 0 Å². The second kappa shape index (κ2) is 4.02. The lowest BCUT2D eigenvalue weighted by Gasteiger charge is -1.76. The van der Waals surface area contributed by atoms with Crippen molar-refractivity contribution in [3.8, 4) is 0 Å². The molecule has 0 atom stereocenters. The van der Waals surface area contributed by atoms with Crippen molar-refractivity contribution in [3.63, 3.8) is 0 Å². The Morgan fingerprint density at radius 1 is 1.80 bits per heavy atom. The molecule has 0 radical (unpaired) electrons. The summed E-state index contributed by atoms with van der Waals surface area (Å²) >= 11 is 0. The molecule has 0 unspecified atom stereocenters. The van der Waals surface area contributed by atoms with E-state index in [2.05, 4.69) is 6.92 Å². The first-order valence-electron chi connectivity index (χ1n) is 2.12. The van der Waals surface area contributed by atoms with Gasteiger partial charge in [0.15, 0.2) is 0 Å². The Kier molecular flexibility index (Phi) is 4.05. The molecule has 0 rings (SSSR count). The molecular formula is C3H10BN. The Bertz CT molecular complexity index is 14.4. The van der Waals surface area contributed by atoms with Crippen molar-refractivity contribution in [2.75, 3.05) is 6.44 Å². The van der Waals surface area contributed by atoms with Crippen LogP contribution in [0, 0.1) is 0 Å². The first kappa shape index (κ1) is 5.02. The van der Waals surface area contributed by atoms with E-state index >= 15 is 0 Å². The van der Waals surface area contributed by atoms with E-state index in [0.29, 0.717) is 0 Å². The average molecular weight is 70.9 g/mol. The Labute approximate surface area is 33.8 Å². The molecule has 0 aromatic rings. The lowest BCUT2D eigenvalue weighted by atomic mass is 9.76. The summed E-state index contributed by atoms with van der Waals surface area (Å²) in [6.07, 6.45) is 2.06. The quantitative estimate of drug-likeness (QED) is 0.447. The smallest absolute Gasteiger partial charge is 0.137 e. The van der Waals surface area contributed by atoms with Crippen molar-refractivity contribution in [2.45, 2.75) is 13.2 Å². The number of hydrogen-bond donors (Lipinski definition) is 1. The van der Waals surface area contributed by atoms with Crippen LogP contribution in [0.2, 0.25) is 6.32 Å². The minimum absolute atomic E-state index is 0.844. The molecule has 0 amide bonds. The summed E-state index contributed by atoms with van der Waals surface area (Å²) < 4.78 is 0. The van der Waals surface area contributed by atoms with Gasteiger partial charge in [0.1, 0.15) is 7.28 Å². The zero-order valence-electron chi connectivity index (χ0n) is 3.70. The summed E-state index contributed by atoms with van der Waals surface area (Å²) in [6, 6.07) is 0. The molecule has 0 heterocycles. The van der Waals surface area contributed by atoms with E-state index in [1.807, 2.05) is 0 Å². The largest absolute Gasteiger partial charge is 0.338 e. The molecule has 0 aromatic heterocycles. The molecule has 0 saturated heterocycles. The van der Waals surface area contributed by atoms with Crippen LogP contribution in [0.15, 0.2) is 0 Å². The maximum atomic E-state index is 5.14. The second-order valence-electron chi connectivity index (χ2n) is 1.14. The van der Waals surface area contributed by atoms with Gasteiger partial charge in [-0.25, -0.2) is 0 Å². The molecule has 0 aliphatic heterocycles. The molecule has 2 N–H and O–H groups in total. The highest BCUT2D eigenvalue weighted by atomic mass is 14.5. The van der Waals surface area contributed by atoms with Gasteiger partial charge in [-0.1, -0.05) is 13.2 Å². The lowest BCUT2D eigenvalue weighted by molar-refractivity contribution is 1.31. The van der Waals surface area contributed by atoms with E-state index in [0.717, 1.165) is 6.44 Å². The van der Waals surface area contributed by atoms with E-state index in [9.17, 15) is 0 Å². The van der Waals surface area contributed by atoms with Crippen LogP contribution >= 0.6 is 0 Å². The molecule has 30 valence electrons. The molecule has 5 heavy (non-hydrogen) atoms. The molecule has 0 fully saturated rings. The summed E-state index contributed by atoms with van der Waals surface area (Å²) in [4.78, 5) is 0. The van der Waals surface area contributed by atoms with Gasteiger partial charge in [0.2, 0.25) is 0 Å². The van der Waals surface area contributed by atoms with Crippen molar-refractivity contribution >= 4 is 7.28 Å². The highest BCUT2D eigenvalue weighted by molar-refractivity contribution is 6.35. The van der Waals surface area contributed by atoms with Gasteiger partial charge in [-0.3, -0.25) is 0 Å². The summed E-state index contributed by atoms with van der Waals surface area (Å²) in [7, 11) is 1.17. The van der Waals surface area contributed by atoms with Gasteiger partial charge in [-0.2, -0.15) is 0 Å². The first-order valence-corrected chi connectivity index (χ1v) is 2.12. The summed E-state index contributed by atoms with van der Waals surface area (Å²) in [5, 5.41) is 0. The maximum absolute atomic E-state index is 5.14. The van der Waals surface area contributed by atoms with Gasteiger partial charge in [-0.15, -0.1) is 0 Å². The highest BCUT2D eigenvalue weighted by Crippen LogP contribution is 1.64. The third kappa shape index (κ3) is 4.02. The second-order valence-corrected chi connectivity index (χ2v) is 1.14. The SMILES string of the molecule is CCBCN. The van der Waals surface area contributed by atoms with E-state index in [1.54, 1.807) is 0 Å². The minimum atomic E-state index is 0.844. The van der Waals surface area contributed by atoms with Crippen LogP contribution in [0.4, 0.5) is 0 Å². The molecule has 0 spiro atoms. The summed E-state index contributed by atoms with van der Waals surface area (Å²) in [5.74, 6) is 0. The highest BCUT2D eigenvalue weighted by Gasteiger charge is 1.73. The van der Waals surface area contributed by atoms with Crippen molar-refractivity contribution in [1.82, 2.24) is 0 Å². The molecule has 0 aliphatic rings. The molecular weight excluding hydrogens is 60.9 g/mol. The fourth-order valence-electron chi connectivity index (χ4n) is 0.204. The van der Waals surface area contributed by atoms with Crippen LogP contribution in [-0.2, 0) is 0 Å². The lowest BCUT2D eigenvalue weighted by Crippen LogP contribution is -2.06. The van der Waals surface area contributed by atoms with Gasteiger partial charge in [0.05, 0.1) is 0 Å². The molecule has 0 aliphatic carbocycles. The minimum Gasteiger partial charge on any atom is -0.338 e. The van der Waals surface area contributed by atoms with E-state index < -0.39 is 0 Å². The Morgan fingerprint density at radius 3 is 2.40 bits per heavy atom. The number of rotatable bonds is 2. The Morgan fingerprint density at radius 2 is 2.40 bits per heavy atom. The normalized spacial score (nSPS) is 7.60. The van der Waals surface area contributed by atoms with Crippen LogP contribution in [0.1, 0.15) is 6.92 Å². The number of hydrogen-bond acceptors (Lipinski definition) is 1. The van der Waals surface area contributed by atoms with Crippen molar-refractivity contribution in [3.05, 3.63) is 0 Å². The van der Waals surface area contributed by atoms with Gasteiger partial charge < -0.3 is 5.73 Å². The van der Waals surface area contributed by atoms with Crippen molar-refractivity contribution < 1.29 is 0 Å². The summed E-state index contributed by atoms with van der Waals surface area (Å²) in [6.45, 7) is 2.13. The van der Waals surface area contributed by atoms with Crippen LogP contribution < -0.4 is 5.73 Å². The maximum Gasteiger partial charge on any atom is 0.137 e. The third-order valence-electron chi connectivity index (χ3n) is 0.558. The van der Waals surface area contributed by atoms with Gasteiger partial charge in [0.25, 0.3) is 0 Å². The molecule has 0 saturated carbocycles. The van der Waals surface area contributed by atoms with E-state index in [-0.39, 0.29) is 0 Å². The van der Waals surface area contributed by atoms with E-state index in [4.69, 9.17) is 5.73 Å². The zero-order valence-corrected chi connectivity index (χ0v) is 3.70. The standard InChI is InChI=1S/C3H10BN/c1-2-4-3-5/h4H,2-3,5H2,1H3. The molecule has 0 bridgehead atoms. The van der Waals surface area contributed by atoms with Crippen LogP contribution in [0.25, 0.3) is 0 Å². The van der Waals surface area contributed by atoms with Gasteiger partial charge in [0, 0.05) is 0 Å². The Hall–Kier alpha value is 0.0249. The van der Waals surface area contributed by atoms with Crippen LogP contribution in [0.3, 0.4) is 0 Å². The summed E-state index contributed by atoms with van der Waals surface area (Å²) in [5.41, 5.74) is 5.14. The van der Waals surface area contributed by atoms with Crippen molar-refractivity contribution in [1.29, 1.82) is 0 Å². The van der Waals surface area contributed by atoms with Crippen LogP contribution in [0.5, 0.6) is 0 Å². The molecule has 2 heteroatoms. The topological polar surface area (TPSA) is 26.0 Å². The number of nitrogens with two attached hydrogens (primary N) is 1. The van der Waals surface area contributed by atoms with Crippen molar-refractivity contribution in [2.24, 2.45) is 5.73 Å². The van der Waals surface area contributed by atoms with E-state index in [1.165, 1.54) is 13.6 Å². The Balaban J connectivity index is 2.19.